The smallest absolute Gasteiger partial charge is 0.267 e. The third-order valence-corrected chi connectivity index (χ3v) is 3.97. The van der Waals surface area contributed by atoms with Gasteiger partial charge in [0.05, 0.1) is 7.11 Å². The van der Waals surface area contributed by atoms with E-state index in [2.05, 4.69) is 10.5 Å². The second-order valence-corrected chi connectivity index (χ2v) is 6.13. The van der Waals surface area contributed by atoms with Gasteiger partial charge in [0, 0.05) is 6.07 Å². The van der Waals surface area contributed by atoms with E-state index in [0.29, 0.717) is 29.4 Å². The van der Waals surface area contributed by atoms with Crippen LogP contribution in [0.5, 0.6) is 11.5 Å². The van der Waals surface area contributed by atoms with Gasteiger partial charge in [-0.15, -0.1) is 0 Å². The third kappa shape index (κ3) is 5.23. The van der Waals surface area contributed by atoms with Crippen molar-refractivity contribution in [1.82, 2.24) is 5.16 Å². The van der Waals surface area contributed by atoms with Crippen molar-refractivity contribution in [3.8, 4) is 17.6 Å². The molecule has 0 aliphatic rings. The number of rotatable bonds is 7. The Balaban J connectivity index is 1.75. The number of nitrogens with zero attached hydrogens (tertiary/aromatic N) is 2. The number of aryl methyl sites for hydroxylation is 1. The Morgan fingerprint density at radius 3 is 2.66 bits per heavy atom. The molecule has 0 aliphatic carbocycles. The third-order valence-electron chi connectivity index (χ3n) is 3.97. The summed E-state index contributed by atoms with van der Waals surface area (Å²) >= 11 is 0. The van der Waals surface area contributed by atoms with Crippen molar-refractivity contribution >= 4 is 17.8 Å². The molecule has 7 heteroatoms. The van der Waals surface area contributed by atoms with Gasteiger partial charge in [-0.25, -0.2) is 0 Å². The van der Waals surface area contributed by atoms with E-state index in [9.17, 15) is 10.1 Å². The standard InChI is InChI=1S/C22H19N3O4/c1-15-10-21(25-29-15)24-22(26)18(13-23)11-17-8-9-19(20(12-17)27-2)28-14-16-6-4-3-5-7-16/h3-12H,14H2,1-2H3,(H,24,25,26). The lowest BCUT2D eigenvalue weighted by atomic mass is 10.1. The Kier molecular flexibility index (Phi) is 6.28. The molecule has 0 bridgehead atoms. The highest BCUT2D eigenvalue weighted by molar-refractivity contribution is 6.09. The Bertz CT molecular complexity index is 1070. The number of nitrogens with one attached hydrogen (secondary N) is 1. The Labute approximate surface area is 168 Å². The van der Waals surface area contributed by atoms with E-state index in [0.717, 1.165) is 5.56 Å². The predicted molar refractivity (Wildman–Crippen MR) is 107 cm³/mol. The van der Waals surface area contributed by atoms with Crippen LogP contribution in [0.3, 0.4) is 0 Å². The van der Waals surface area contributed by atoms with E-state index in [1.54, 1.807) is 31.2 Å². The van der Waals surface area contributed by atoms with Gasteiger partial charge in [-0.3, -0.25) is 4.79 Å². The number of aromatic nitrogens is 1. The van der Waals surface area contributed by atoms with Crippen molar-refractivity contribution in [3.63, 3.8) is 0 Å². The SMILES string of the molecule is COc1cc(C=C(C#N)C(=O)Nc2cc(C)on2)ccc1OCc1ccccc1. The van der Waals surface area contributed by atoms with Gasteiger partial charge in [0.15, 0.2) is 17.3 Å². The lowest BCUT2D eigenvalue weighted by molar-refractivity contribution is -0.112. The number of anilines is 1. The molecule has 3 aromatic rings. The zero-order chi connectivity index (χ0) is 20.6. The van der Waals surface area contributed by atoms with Gasteiger partial charge in [0.2, 0.25) is 0 Å². The Hall–Kier alpha value is -4.05. The van der Waals surface area contributed by atoms with E-state index in [4.69, 9.17) is 14.0 Å². The monoisotopic (exact) mass is 389 g/mol. The molecule has 0 atom stereocenters. The molecule has 0 spiro atoms. The lowest BCUT2D eigenvalue weighted by Gasteiger charge is -2.11. The van der Waals surface area contributed by atoms with Crippen molar-refractivity contribution in [3.05, 3.63) is 77.1 Å². The summed E-state index contributed by atoms with van der Waals surface area (Å²) in [5.41, 5.74) is 1.58. The number of hydrogen-bond acceptors (Lipinski definition) is 6. The minimum Gasteiger partial charge on any atom is -0.493 e. The molecular weight excluding hydrogens is 370 g/mol. The number of carbonyl (C=O) groups excluding carboxylic acids is 1. The van der Waals surface area contributed by atoms with E-state index in [1.165, 1.54) is 13.2 Å². The number of amides is 1. The van der Waals surface area contributed by atoms with Crippen LogP contribution >= 0.6 is 0 Å². The molecular formula is C22H19N3O4. The summed E-state index contributed by atoms with van der Waals surface area (Å²) in [6.45, 7) is 2.10. The second kappa shape index (κ2) is 9.24. The molecule has 0 aliphatic heterocycles. The first-order chi connectivity index (χ1) is 14.1. The second-order valence-electron chi connectivity index (χ2n) is 6.13. The summed E-state index contributed by atoms with van der Waals surface area (Å²) in [5, 5.41) is 15.6. The summed E-state index contributed by atoms with van der Waals surface area (Å²) in [6.07, 6.45) is 1.46. The van der Waals surface area contributed by atoms with E-state index in [-0.39, 0.29) is 11.4 Å². The molecule has 2 aromatic carbocycles. The maximum atomic E-state index is 12.3. The first kappa shape index (κ1) is 19.7. The molecule has 7 nitrogen and oxygen atoms in total. The first-order valence-electron chi connectivity index (χ1n) is 8.80. The first-order valence-corrected chi connectivity index (χ1v) is 8.80. The molecule has 1 N–H and O–H groups in total. The number of ether oxygens (including phenoxy) is 2. The summed E-state index contributed by atoms with van der Waals surface area (Å²) < 4.78 is 16.1. The fourth-order valence-corrected chi connectivity index (χ4v) is 2.55. The molecule has 0 fully saturated rings. The number of hydrogen-bond donors (Lipinski definition) is 1. The zero-order valence-electron chi connectivity index (χ0n) is 16.0. The van der Waals surface area contributed by atoms with Crippen LogP contribution in [0, 0.1) is 18.3 Å². The summed E-state index contributed by atoms with van der Waals surface area (Å²) in [7, 11) is 1.53. The lowest BCUT2D eigenvalue weighted by Crippen LogP contribution is -2.13. The predicted octanol–water partition coefficient (Wildman–Crippen LogP) is 4.12. The van der Waals surface area contributed by atoms with Crippen LogP contribution in [0.25, 0.3) is 6.08 Å². The van der Waals surface area contributed by atoms with E-state index in [1.807, 2.05) is 36.4 Å². The molecule has 0 unspecified atom stereocenters. The molecule has 0 radical (unpaired) electrons. The van der Waals surface area contributed by atoms with Gasteiger partial charge in [-0.05, 0) is 36.3 Å². The van der Waals surface area contributed by atoms with Crippen molar-refractivity contribution in [2.24, 2.45) is 0 Å². The molecule has 3 rings (SSSR count). The molecule has 146 valence electrons. The number of carbonyl (C=O) groups is 1. The largest absolute Gasteiger partial charge is 0.493 e. The number of benzene rings is 2. The molecule has 1 heterocycles. The van der Waals surface area contributed by atoms with Crippen molar-refractivity contribution < 1.29 is 18.8 Å². The normalized spacial score (nSPS) is 10.9. The highest BCUT2D eigenvalue weighted by Gasteiger charge is 2.13. The van der Waals surface area contributed by atoms with Gasteiger partial charge in [-0.1, -0.05) is 41.6 Å². The molecule has 0 saturated heterocycles. The van der Waals surface area contributed by atoms with Gasteiger partial charge < -0.3 is 19.3 Å². The fourth-order valence-electron chi connectivity index (χ4n) is 2.55. The average molecular weight is 389 g/mol. The topological polar surface area (TPSA) is 97.4 Å². The highest BCUT2D eigenvalue weighted by Crippen LogP contribution is 2.29. The maximum Gasteiger partial charge on any atom is 0.267 e. The van der Waals surface area contributed by atoms with Crippen LogP contribution in [0.15, 0.2) is 64.7 Å². The Morgan fingerprint density at radius 2 is 2.00 bits per heavy atom. The van der Waals surface area contributed by atoms with Crippen LogP contribution in [0.4, 0.5) is 5.82 Å². The van der Waals surface area contributed by atoms with Crippen LogP contribution in [0.1, 0.15) is 16.9 Å². The molecule has 0 saturated carbocycles. The molecule has 1 aromatic heterocycles. The van der Waals surface area contributed by atoms with Crippen molar-refractivity contribution in [1.29, 1.82) is 5.26 Å². The molecule has 1 amide bonds. The van der Waals surface area contributed by atoms with E-state index >= 15 is 0 Å². The van der Waals surface area contributed by atoms with Gasteiger partial charge in [0.1, 0.15) is 24.0 Å². The van der Waals surface area contributed by atoms with E-state index < -0.39 is 5.91 Å². The Morgan fingerprint density at radius 1 is 1.21 bits per heavy atom. The average Bonchev–Trinajstić information content (AvgIpc) is 3.15. The summed E-state index contributed by atoms with van der Waals surface area (Å²) in [6, 6.07) is 18.4. The fraction of sp³-hybridized carbons (Fsp3) is 0.136. The molecule has 29 heavy (non-hydrogen) atoms. The van der Waals surface area contributed by atoms with Crippen LogP contribution in [-0.4, -0.2) is 18.2 Å². The zero-order valence-corrected chi connectivity index (χ0v) is 16.0. The van der Waals surface area contributed by atoms with Crippen molar-refractivity contribution in [2.45, 2.75) is 13.5 Å². The number of methoxy groups -OCH3 is 1. The maximum absolute atomic E-state index is 12.3. The minimum atomic E-state index is -0.579. The summed E-state index contributed by atoms with van der Waals surface area (Å²) in [5.74, 6) is 1.28. The van der Waals surface area contributed by atoms with Crippen LogP contribution in [0.2, 0.25) is 0 Å². The van der Waals surface area contributed by atoms with Gasteiger partial charge >= 0.3 is 0 Å². The number of nitriles is 1. The van der Waals surface area contributed by atoms with Crippen molar-refractivity contribution in [2.75, 3.05) is 12.4 Å². The van der Waals surface area contributed by atoms with Crippen LogP contribution < -0.4 is 14.8 Å². The quantitative estimate of drug-likeness (QED) is 0.482. The summed E-state index contributed by atoms with van der Waals surface area (Å²) in [4.78, 5) is 12.3. The van der Waals surface area contributed by atoms with Gasteiger partial charge in [0.25, 0.3) is 5.91 Å². The highest BCUT2D eigenvalue weighted by atomic mass is 16.5. The van der Waals surface area contributed by atoms with Gasteiger partial charge in [-0.2, -0.15) is 5.26 Å². The van der Waals surface area contributed by atoms with Crippen LogP contribution in [-0.2, 0) is 11.4 Å². The minimum absolute atomic E-state index is 0.0781.